The molecule has 4 heteroatoms. The second-order valence-corrected chi connectivity index (χ2v) is 6.15. The van der Waals surface area contributed by atoms with E-state index in [1.807, 2.05) is 12.4 Å². The van der Waals surface area contributed by atoms with Gasteiger partial charge in [-0.1, -0.05) is 19.1 Å². The molecular weight excluding hydrogens is 278 g/mol. The van der Waals surface area contributed by atoms with Gasteiger partial charge in [0.1, 0.15) is 0 Å². The number of benzene rings is 1. The van der Waals surface area contributed by atoms with Crippen molar-refractivity contribution in [1.29, 1.82) is 0 Å². The van der Waals surface area contributed by atoms with Crippen LogP contribution < -0.4 is 5.32 Å². The fourth-order valence-corrected chi connectivity index (χ4v) is 3.32. The Hall–Kier alpha value is -1.65. The van der Waals surface area contributed by atoms with Crippen molar-refractivity contribution in [2.24, 2.45) is 0 Å². The molecule has 0 spiro atoms. The smallest absolute Gasteiger partial charge is 0.0958 e. The first kappa shape index (κ1) is 14.3. The van der Waals surface area contributed by atoms with Crippen LogP contribution in [0.15, 0.2) is 47.4 Å². The number of para-hydroxylation sites is 2. The Morgan fingerprint density at radius 3 is 3.00 bits per heavy atom. The highest BCUT2D eigenvalue weighted by molar-refractivity contribution is 7.07. The molecule has 0 aliphatic heterocycles. The molecule has 3 nitrogen and oxygen atoms in total. The number of thiophene rings is 1. The molecular formula is C17H21N3S. The Balaban J connectivity index is 1.76. The molecule has 2 heterocycles. The van der Waals surface area contributed by atoms with Crippen LogP contribution in [-0.2, 0) is 13.0 Å². The molecule has 2 aromatic heterocycles. The van der Waals surface area contributed by atoms with Crippen molar-refractivity contribution in [2.45, 2.75) is 32.4 Å². The van der Waals surface area contributed by atoms with Crippen LogP contribution in [0.4, 0.5) is 0 Å². The molecule has 0 bridgehead atoms. The molecule has 1 aromatic carbocycles. The molecule has 0 saturated carbocycles. The quantitative estimate of drug-likeness (QED) is 0.721. The number of imidazole rings is 1. The third kappa shape index (κ3) is 3.52. The van der Waals surface area contributed by atoms with Crippen molar-refractivity contribution >= 4 is 22.4 Å². The molecule has 1 N–H and O–H groups in total. The van der Waals surface area contributed by atoms with Gasteiger partial charge in [-0.2, -0.15) is 11.3 Å². The minimum Gasteiger partial charge on any atom is -0.329 e. The monoisotopic (exact) mass is 299 g/mol. The van der Waals surface area contributed by atoms with E-state index in [2.05, 4.69) is 56.8 Å². The van der Waals surface area contributed by atoms with Gasteiger partial charge in [0.2, 0.25) is 0 Å². The molecule has 21 heavy (non-hydrogen) atoms. The summed E-state index contributed by atoms with van der Waals surface area (Å²) in [5, 5.41) is 8.06. The average molecular weight is 299 g/mol. The summed E-state index contributed by atoms with van der Waals surface area (Å²) in [4.78, 5) is 4.49. The van der Waals surface area contributed by atoms with Crippen LogP contribution in [-0.4, -0.2) is 22.1 Å². The van der Waals surface area contributed by atoms with Crippen LogP contribution in [0, 0.1) is 0 Å². The SMILES string of the molecule is CCCNC(Cc1ccsc1)Cn1cnc2ccccc21. The molecule has 0 amide bonds. The van der Waals surface area contributed by atoms with Crippen LogP contribution in [0.5, 0.6) is 0 Å². The zero-order chi connectivity index (χ0) is 14.5. The first-order valence-electron chi connectivity index (χ1n) is 7.51. The summed E-state index contributed by atoms with van der Waals surface area (Å²) in [6.45, 7) is 4.22. The molecule has 3 aromatic rings. The van der Waals surface area contributed by atoms with Crippen molar-refractivity contribution < 1.29 is 0 Å². The van der Waals surface area contributed by atoms with Crippen LogP contribution in [0.1, 0.15) is 18.9 Å². The maximum atomic E-state index is 4.49. The van der Waals surface area contributed by atoms with Crippen LogP contribution >= 0.6 is 11.3 Å². The lowest BCUT2D eigenvalue weighted by Crippen LogP contribution is -2.35. The highest BCUT2D eigenvalue weighted by Gasteiger charge is 2.12. The van der Waals surface area contributed by atoms with Gasteiger partial charge in [0.25, 0.3) is 0 Å². The summed E-state index contributed by atoms with van der Waals surface area (Å²) >= 11 is 1.77. The topological polar surface area (TPSA) is 29.9 Å². The zero-order valence-electron chi connectivity index (χ0n) is 12.3. The molecule has 0 fully saturated rings. The Bertz CT molecular complexity index is 672. The van der Waals surface area contributed by atoms with E-state index in [1.165, 1.54) is 11.1 Å². The number of nitrogens with one attached hydrogen (secondary N) is 1. The molecule has 0 saturated heterocycles. The maximum Gasteiger partial charge on any atom is 0.0958 e. The lowest BCUT2D eigenvalue weighted by atomic mass is 10.1. The number of hydrogen-bond donors (Lipinski definition) is 1. The minimum absolute atomic E-state index is 0.442. The van der Waals surface area contributed by atoms with Gasteiger partial charge >= 0.3 is 0 Å². The van der Waals surface area contributed by atoms with Gasteiger partial charge in [0.05, 0.1) is 17.4 Å². The van der Waals surface area contributed by atoms with E-state index >= 15 is 0 Å². The molecule has 0 radical (unpaired) electrons. The highest BCUT2D eigenvalue weighted by Crippen LogP contribution is 2.14. The van der Waals surface area contributed by atoms with Crippen LogP contribution in [0.2, 0.25) is 0 Å². The third-order valence-electron chi connectivity index (χ3n) is 3.69. The molecule has 1 atom stereocenters. The second-order valence-electron chi connectivity index (χ2n) is 5.37. The summed E-state index contributed by atoms with van der Waals surface area (Å²) in [5.41, 5.74) is 3.70. The lowest BCUT2D eigenvalue weighted by molar-refractivity contribution is 0.450. The van der Waals surface area contributed by atoms with Gasteiger partial charge in [0.15, 0.2) is 0 Å². The number of rotatable bonds is 7. The van der Waals surface area contributed by atoms with Crippen molar-refractivity contribution in [3.05, 3.63) is 53.0 Å². The Morgan fingerprint density at radius 1 is 1.29 bits per heavy atom. The van der Waals surface area contributed by atoms with Crippen LogP contribution in [0.3, 0.4) is 0 Å². The van der Waals surface area contributed by atoms with Gasteiger partial charge in [0, 0.05) is 12.6 Å². The summed E-state index contributed by atoms with van der Waals surface area (Å²) in [7, 11) is 0. The van der Waals surface area contributed by atoms with Gasteiger partial charge in [-0.15, -0.1) is 0 Å². The highest BCUT2D eigenvalue weighted by atomic mass is 32.1. The largest absolute Gasteiger partial charge is 0.329 e. The fraction of sp³-hybridized carbons (Fsp3) is 0.353. The Kier molecular flexibility index (Phi) is 4.68. The lowest BCUT2D eigenvalue weighted by Gasteiger charge is -2.19. The first-order chi connectivity index (χ1) is 10.4. The van der Waals surface area contributed by atoms with Gasteiger partial charge < -0.3 is 9.88 Å². The zero-order valence-corrected chi connectivity index (χ0v) is 13.1. The summed E-state index contributed by atoms with van der Waals surface area (Å²) in [5.74, 6) is 0. The van der Waals surface area contributed by atoms with E-state index in [9.17, 15) is 0 Å². The normalized spacial score (nSPS) is 12.8. The number of hydrogen-bond acceptors (Lipinski definition) is 3. The fourth-order valence-electron chi connectivity index (χ4n) is 2.64. The summed E-state index contributed by atoms with van der Waals surface area (Å²) < 4.78 is 2.26. The maximum absolute atomic E-state index is 4.49. The van der Waals surface area contributed by atoms with Gasteiger partial charge in [-0.3, -0.25) is 0 Å². The Morgan fingerprint density at radius 2 is 2.19 bits per heavy atom. The summed E-state index contributed by atoms with van der Waals surface area (Å²) in [6, 6.07) is 11.0. The molecule has 0 aliphatic carbocycles. The van der Waals surface area contributed by atoms with E-state index in [-0.39, 0.29) is 0 Å². The van der Waals surface area contributed by atoms with E-state index in [0.29, 0.717) is 6.04 Å². The summed E-state index contributed by atoms with van der Waals surface area (Å²) in [6.07, 6.45) is 4.18. The molecule has 0 aliphatic rings. The Labute approximate surface area is 129 Å². The van der Waals surface area contributed by atoms with Crippen molar-refractivity contribution in [1.82, 2.24) is 14.9 Å². The van der Waals surface area contributed by atoms with Crippen molar-refractivity contribution in [3.63, 3.8) is 0 Å². The van der Waals surface area contributed by atoms with E-state index in [4.69, 9.17) is 0 Å². The molecule has 1 unspecified atom stereocenters. The van der Waals surface area contributed by atoms with Crippen LogP contribution in [0.25, 0.3) is 11.0 Å². The average Bonchev–Trinajstić information content (AvgIpc) is 3.15. The number of fused-ring (bicyclic) bond motifs is 1. The predicted molar refractivity (Wildman–Crippen MR) is 89.8 cm³/mol. The second kappa shape index (κ2) is 6.87. The van der Waals surface area contributed by atoms with Crippen molar-refractivity contribution in [3.8, 4) is 0 Å². The van der Waals surface area contributed by atoms with Gasteiger partial charge in [-0.05, 0) is 53.9 Å². The van der Waals surface area contributed by atoms with Gasteiger partial charge in [-0.25, -0.2) is 4.98 Å². The number of aromatic nitrogens is 2. The standard InChI is InChI=1S/C17H21N3S/c1-2-8-18-15(10-14-7-9-21-12-14)11-20-13-19-16-5-3-4-6-17(16)20/h3-7,9,12-13,15,18H,2,8,10-11H2,1H3. The first-order valence-corrected chi connectivity index (χ1v) is 8.45. The minimum atomic E-state index is 0.442. The molecule has 3 rings (SSSR count). The molecule has 110 valence electrons. The van der Waals surface area contributed by atoms with E-state index < -0.39 is 0 Å². The van der Waals surface area contributed by atoms with Crippen molar-refractivity contribution in [2.75, 3.05) is 6.54 Å². The predicted octanol–water partition coefficient (Wildman–Crippen LogP) is 3.71. The van der Waals surface area contributed by atoms with E-state index in [0.717, 1.165) is 31.4 Å². The van der Waals surface area contributed by atoms with E-state index in [1.54, 1.807) is 11.3 Å². The third-order valence-corrected chi connectivity index (χ3v) is 4.42. The number of nitrogens with zero attached hydrogens (tertiary/aromatic N) is 2.